The first-order valence-corrected chi connectivity index (χ1v) is 12.9. The third-order valence-corrected chi connectivity index (χ3v) is 7.32. The molecule has 8 heteroatoms. The van der Waals surface area contributed by atoms with E-state index >= 15 is 0 Å². The molecule has 6 aromatic rings. The van der Waals surface area contributed by atoms with Crippen molar-refractivity contribution in [2.24, 2.45) is 21.8 Å². The van der Waals surface area contributed by atoms with Crippen molar-refractivity contribution < 1.29 is 14.8 Å². The van der Waals surface area contributed by atoms with Gasteiger partial charge in [0.15, 0.2) is 11.7 Å². The number of amidine groups is 2. The smallest absolute Gasteiger partial charge is 0.170 e. The summed E-state index contributed by atoms with van der Waals surface area (Å²) in [5.74, 6) is -0.182. The molecule has 7 nitrogen and oxygen atoms in total. The van der Waals surface area contributed by atoms with Crippen LogP contribution in [0.3, 0.4) is 0 Å². The van der Waals surface area contributed by atoms with Crippen LogP contribution in [-0.4, -0.2) is 26.7 Å². The Hall–Kier alpha value is -5.63. The third-order valence-electron chi connectivity index (χ3n) is 7.32. The molecule has 5 aromatic carbocycles. The van der Waals surface area contributed by atoms with Crippen molar-refractivity contribution in [3.05, 3.63) is 132 Å². The van der Waals surface area contributed by atoms with Gasteiger partial charge in [0, 0.05) is 39.5 Å². The first-order valence-electron chi connectivity index (χ1n) is 12.9. The predicted molar refractivity (Wildman–Crippen MR) is 161 cm³/mol. The molecule has 6 rings (SSSR count). The highest BCUT2D eigenvalue weighted by atomic mass is 19.1. The SMILES string of the molecule is N/C(=N\O)c1cccc(-c2ccc3c(c2)c2cc(-c4cccc(/C(N)=N/O)c4)ccc2n3Cc2ccc(F)cc2)c1. The second-order valence-corrected chi connectivity index (χ2v) is 9.81. The Balaban J connectivity index is 1.55. The Labute approximate surface area is 235 Å². The van der Waals surface area contributed by atoms with Crippen molar-refractivity contribution >= 4 is 33.5 Å². The van der Waals surface area contributed by atoms with Crippen LogP contribution in [0.5, 0.6) is 0 Å². The summed E-state index contributed by atoms with van der Waals surface area (Å²) in [5.41, 5.74) is 19.8. The van der Waals surface area contributed by atoms with E-state index in [0.29, 0.717) is 17.7 Å². The van der Waals surface area contributed by atoms with Crippen LogP contribution >= 0.6 is 0 Å². The lowest BCUT2D eigenvalue weighted by atomic mass is 9.98. The van der Waals surface area contributed by atoms with E-state index in [-0.39, 0.29) is 17.5 Å². The number of nitrogens with zero attached hydrogens (tertiary/aromatic N) is 3. The minimum absolute atomic E-state index is 0.0441. The Bertz CT molecular complexity index is 1860. The number of hydrogen-bond donors (Lipinski definition) is 4. The minimum Gasteiger partial charge on any atom is -0.409 e. The van der Waals surface area contributed by atoms with Gasteiger partial charge in [-0.05, 0) is 76.3 Å². The Morgan fingerprint density at radius 3 is 1.54 bits per heavy atom. The fourth-order valence-electron chi connectivity index (χ4n) is 5.24. The highest BCUT2D eigenvalue weighted by Gasteiger charge is 2.15. The summed E-state index contributed by atoms with van der Waals surface area (Å²) in [6, 6.07) is 34.2. The number of rotatable bonds is 6. The Morgan fingerprint density at radius 1 is 0.610 bits per heavy atom. The molecule has 0 aliphatic heterocycles. The van der Waals surface area contributed by atoms with E-state index < -0.39 is 0 Å². The number of nitrogens with two attached hydrogens (primary N) is 2. The maximum Gasteiger partial charge on any atom is 0.170 e. The molecule has 0 atom stereocenters. The van der Waals surface area contributed by atoms with Crippen molar-refractivity contribution in [2.75, 3.05) is 0 Å². The molecular formula is C33H26FN5O2. The highest BCUT2D eigenvalue weighted by molar-refractivity contribution is 6.11. The van der Waals surface area contributed by atoms with Gasteiger partial charge in [0.25, 0.3) is 0 Å². The Morgan fingerprint density at radius 2 is 1.07 bits per heavy atom. The molecule has 0 saturated carbocycles. The maximum atomic E-state index is 13.6. The van der Waals surface area contributed by atoms with E-state index in [1.807, 2.05) is 36.4 Å². The van der Waals surface area contributed by atoms with Gasteiger partial charge in [-0.25, -0.2) is 4.39 Å². The standard InChI is InChI=1S/C33H26FN5O2/c34-27-11-7-20(8-12-27)19-39-30-13-9-23(21-3-1-5-25(15-21)32(35)37-40)17-28(30)29-18-24(10-14-31(29)39)22-4-2-6-26(16-22)33(36)38-41/h1-18,40-41H,19H2,(H2,35,37)(H2,36,38). The fourth-order valence-corrected chi connectivity index (χ4v) is 5.24. The van der Waals surface area contributed by atoms with E-state index in [2.05, 4.69) is 51.3 Å². The molecule has 6 N–H and O–H groups in total. The van der Waals surface area contributed by atoms with Gasteiger partial charge in [-0.15, -0.1) is 0 Å². The number of hydrogen-bond acceptors (Lipinski definition) is 4. The van der Waals surface area contributed by atoms with Crippen molar-refractivity contribution in [2.45, 2.75) is 6.54 Å². The second kappa shape index (κ2) is 10.5. The summed E-state index contributed by atoms with van der Waals surface area (Å²) >= 11 is 0. The van der Waals surface area contributed by atoms with Crippen LogP contribution in [0.15, 0.2) is 120 Å². The van der Waals surface area contributed by atoms with E-state index in [9.17, 15) is 4.39 Å². The molecule has 0 spiro atoms. The van der Waals surface area contributed by atoms with Crippen molar-refractivity contribution in [3.63, 3.8) is 0 Å². The molecular weight excluding hydrogens is 517 g/mol. The zero-order chi connectivity index (χ0) is 28.5. The van der Waals surface area contributed by atoms with Gasteiger partial charge in [0.2, 0.25) is 0 Å². The van der Waals surface area contributed by atoms with Crippen LogP contribution in [0.25, 0.3) is 44.1 Å². The molecule has 1 aromatic heterocycles. The topological polar surface area (TPSA) is 122 Å². The summed E-state index contributed by atoms with van der Waals surface area (Å²) in [5, 5.41) is 26.6. The number of benzene rings is 5. The zero-order valence-corrected chi connectivity index (χ0v) is 21.9. The van der Waals surface area contributed by atoms with Crippen LogP contribution in [0.4, 0.5) is 4.39 Å². The average Bonchev–Trinajstić information content (AvgIpc) is 3.33. The van der Waals surface area contributed by atoms with E-state index in [0.717, 1.165) is 49.6 Å². The van der Waals surface area contributed by atoms with Gasteiger partial charge < -0.3 is 26.4 Å². The number of oxime groups is 2. The highest BCUT2D eigenvalue weighted by Crippen LogP contribution is 2.36. The molecule has 0 saturated heterocycles. The Kier molecular flexibility index (Phi) is 6.57. The minimum atomic E-state index is -0.270. The average molecular weight is 544 g/mol. The number of aromatic nitrogens is 1. The molecule has 0 radical (unpaired) electrons. The lowest BCUT2D eigenvalue weighted by molar-refractivity contribution is 0.318. The summed E-state index contributed by atoms with van der Waals surface area (Å²) < 4.78 is 15.8. The molecule has 0 aliphatic rings. The lowest BCUT2D eigenvalue weighted by Crippen LogP contribution is -2.12. The first-order chi connectivity index (χ1) is 19.9. The van der Waals surface area contributed by atoms with Crippen LogP contribution in [0.2, 0.25) is 0 Å². The molecule has 202 valence electrons. The van der Waals surface area contributed by atoms with Gasteiger partial charge in [-0.3, -0.25) is 0 Å². The number of fused-ring (bicyclic) bond motifs is 3. The third kappa shape index (κ3) is 4.83. The van der Waals surface area contributed by atoms with E-state index in [1.165, 1.54) is 12.1 Å². The number of halogens is 1. The van der Waals surface area contributed by atoms with Crippen LogP contribution in [-0.2, 0) is 6.54 Å². The monoisotopic (exact) mass is 543 g/mol. The van der Waals surface area contributed by atoms with Gasteiger partial charge in [-0.1, -0.05) is 71.0 Å². The van der Waals surface area contributed by atoms with E-state index in [4.69, 9.17) is 21.9 Å². The van der Waals surface area contributed by atoms with Crippen molar-refractivity contribution in [3.8, 4) is 22.3 Å². The van der Waals surface area contributed by atoms with Crippen LogP contribution < -0.4 is 11.5 Å². The molecule has 1 heterocycles. The molecule has 0 unspecified atom stereocenters. The largest absolute Gasteiger partial charge is 0.409 e. The van der Waals surface area contributed by atoms with Gasteiger partial charge in [0.1, 0.15) is 5.82 Å². The molecule has 0 fully saturated rings. The fraction of sp³-hybridized carbons (Fsp3) is 0.0303. The van der Waals surface area contributed by atoms with Crippen LogP contribution in [0, 0.1) is 5.82 Å². The second-order valence-electron chi connectivity index (χ2n) is 9.81. The normalized spacial score (nSPS) is 12.3. The summed E-state index contributed by atoms with van der Waals surface area (Å²) in [7, 11) is 0. The molecule has 0 amide bonds. The van der Waals surface area contributed by atoms with Gasteiger partial charge in [0.05, 0.1) is 0 Å². The lowest BCUT2D eigenvalue weighted by Gasteiger charge is -2.09. The van der Waals surface area contributed by atoms with Crippen LogP contribution in [0.1, 0.15) is 16.7 Å². The molecule has 0 bridgehead atoms. The first kappa shape index (κ1) is 25.6. The summed E-state index contributed by atoms with van der Waals surface area (Å²) in [6.45, 7) is 0.566. The van der Waals surface area contributed by atoms with E-state index in [1.54, 1.807) is 24.3 Å². The van der Waals surface area contributed by atoms with Gasteiger partial charge in [-0.2, -0.15) is 0 Å². The predicted octanol–water partition coefficient (Wildman–Crippen LogP) is 6.50. The van der Waals surface area contributed by atoms with Crippen molar-refractivity contribution in [1.29, 1.82) is 0 Å². The quantitative estimate of drug-likeness (QED) is 0.0828. The summed E-state index contributed by atoms with van der Waals surface area (Å²) in [4.78, 5) is 0. The zero-order valence-electron chi connectivity index (χ0n) is 21.9. The van der Waals surface area contributed by atoms with Gasteiger partial charge >= 0.3 is 0 Å². The molecule has 41 heavy (non-hydrogen) atoms. The maximum absolute atomic E-state index is 13.6. The summed E-state index contributed by atoms with van der Waals surface area (Å²) in [6.07, 6.45) is 0. The molecule has 0 aliphatic carbocycles. The van der Waals surface area contributed by atoms with Crippen molar-refractivity contribution in [1.82, 2.24) is 4.57 Å².